The van der Waals surface area contributed by atoms with Crippen LogP contribution in [0.2, 0.25) is 5.02 Å². The molecule has 1 atom stereocenters. The molecule has 0 aliphatic heterocycles. The van der Waals surface area contributed by atoms with Crippen molar-refractivity contribution in [2.75, 3.05) is 10.6 Å². The predicted molar refractivity (Wildman–Crippen MR) is 128 cm³/mol. The van der Waals surface area contributed by atoms with Gasteiger partial charge in [0.15, 0.2) is 0 Å². The lowest BCUT2D eigenvalue weighted by Crippen LogP contribution is -2.22. The molecule has 0 heterocycles. The van der Waals surface area contributed by atoms with Crippen molar-refractivity contribution >= 4 is 34.8 Å². The van der Waals surface area contributed by atoms with Crippen molar-refractivity contribution in [3.8, 4) is 0 Å². The number of benzene rings is 3. The summed E-state index contributed by atoms with van der Waals surface area (Å²) in [5, 5.41) is 6.34. The highest BCUT2D eigenvalue weighted by atomic mass is 35.5. The summed E-state index contributed by atoms with van der Waals surface area (Å²) in [5.41, 5.74) is 3.70. The van der Waals surface area contributed by atoms with Crippen molar-refractivity contribution < 1.29 is 9.59 Å². The van der Waals surface area contributed by atoms with Crippen molar-refractivity contribution in [3.05, 3.63) is 94.5 Å². The maximum absolute atomic E-state index is 12.9. The minimum atomic E-state index is -0.347. The molecule has 0 aliphatic carbocycles. The maximum Gasteiger partial charge on any atom is 0.257 e. The Labute approximate surface area is 188 Å². The first-order chi connectivity index (χ1) is 14.8. The van der Waals surface area contributed by atoms with Gasteiger partial charge in [-0.1, -0.05) is 61.8 Å². The van der Waals surface area contributed by atoms with Gasteiger partial charge in [0, 0.05) is 10.7 Å². The van der Waals surface area contributed by atoms with Crippen LogP contribution in [0.15, 0.2) is 72.8 Å². The van der Waals surface area contributed by atoms with Crippen LogP contribution in [0.4, 0.5) is 11.4 Å². The maximum atomic E-state index is 12.9. The van der Waals surface area contributed by atoms with Gasteiger partial charge in [0.25, 0.3) is 5.91 Å². The number of hydrogen-bond acceptors (Lipinski definition) is 2. The van der Waals surface area contributed by atoms with Crippen LogP contribution in [-0.4, -0.2) is 11.8 Å². The molecule has 3 aromatic carbocycles. The molecule has 5 heteroatoms. The molecule has 2 amide bonds. The predicted octanol–water partition coefficient (Wildman–Crippen LogP) is 6.53. The van der Waals surface area contributed by atoms with Crippen LogP contribution in [0.25, 0.3) is 0 Å². The van der Waals surface area contributed by atoms with Gasteiger partial charge in [-0.05, 0) is 66.8 Å². The second kappa shape index (κ2) is 10.3. The Morgan fingerprint density at radius 3 is 2.13 bits per heavy atom. The summed E-state index contributed by atoms with van der Waals surface area (Å²) in [6.07, 6.45) is 1.01. The van der Waals surface area contributed by atoms with Gasteiger partial charge in [0.1, 0.15) is 0 Å². The van der Waals surface area contributed by atoms with E-state index in [0.29, 0.717) is 27.9 Å². The highest BCUT2D eigenvalue weighted by Crippen LogP contribution is 2.23. The Morgan fingerprint density at radius 1 is 0.839 bits per heavy atom. The average Bonchev–Trinajstić information content (AvgIpc) is 2.75. The topological polar surface area (TPSA) is 58.2 Å². The molecule has 3 rings (SSSR count). The summed E-state index contributed by atoms with van der Waals surface area (Å²) in [4.78, 5) is 25.7. The minimum Gasteiger partial charge on any atom is -0.325 e. The van der Waals surface area contributed by atoms with Crippen molar-refractivity contribution in [2.24, 2.45) is 5.92 Å². The van der Waals surface area contributed by atoms with E-state index >= 15 is 0 Å². The van der Waals surface area contributed by atoms with Crippen molar-refractivity contribution in [3.63, 3.8) is 0 Å². The molecular weight excluding hydrogens is 408 g/mol. The first-order valence-corrected chi connectivity index (χ1v) is 10.8. The van der Waals surface area contributed by atoms with E-state index < -0.39 is 0 Å². The fraction of sp³-hybridized carbons (Fsp3) is 0.231. The lowest BCUT2D eigenvalue weighted by molar-refractivity contribution is -0.117. The van der Waals surface area contributed by atoms with E-state index in [0.717, 1.165) is 12.0 Å². The molecule has 0 saturated heterocycles. The van der Waals surface area contributed by atoms with Crippen LogP contribution in [-0.2, 0) is 11.2 Å². The molecule has 0 radical (unpaired) electrons. The average molecular weight is 435 g/mol. The third-order valence-corrected chi connectivity index (χ3v) is 5.30. The second-order valence-corrected chi connectivity index (χ2v) is 8.49. The van der Waals surface area contributed by atoms with Crippen LogP contribution < -0.4 is 10.6 Å². The Balaban J connectivity index is 1.71. The number of carbonyl (C=O) groups excluding carboxylic acids is 2. The van der Waals surface area contributed by atoms with Crippen molar-refractivity contribution in [1.82, 2.24) is 0 Å². The van der Waals surface area contributed by atoms with Gasteiger partial charge >= 0.3 is 0 Å². The zero-order valence-electron chi connectivity index (χ0n) is 18.0. The number of nitrogens with one attached hydrogen (secondary N) is 2. The highest BCUT2D eigenvalue weighted by Gasteiger charge is 2.19. The number of carbonyl (C=O) groups is 2. The third kappa shape index (κ3) is 6.19. The summed E-state index contributed by atoms with van der Waals surface area (Å²) in [6.45, 7) is 6.23. The van der Waals surface area contributed by atoms with Gasteiger partial charge in [-0.3, -0.25) is 9.59 Å². The monoisotopic (exact) mass is 434 g/mol. The molecule has 1 unspecified atom stereocenters. The molecule has 2 N–H and O–H groups in total. The number of rotatable bonds is 7. The second-order valence-electron chi connectivity index (χ2n) is 8.06. The number of amides is 2. The molecule has 3 aromatic rings. The van der Waals surface area contributed by atoms with E-state index in [2.05, 4.69) is 36.6 Å². The van der Waals surface area contributed by atoms with Gasteiger partial charge in [0.2, 0.25) is 5.91 Å². The molecule has 31 heavy (non-hydrogen) atoms. The summed E-state index contributed by atoms with van der Waals surface area (Å²) in [6, 6.07) is 22.0. The first kappa shape index (κ1) is 22.6. The minimum absolute atomic E-state index is 0.164. The fourth-order valence-electron chi connectivity index (χ4n) is 3.33. The summed E-state index contributed by atoms with van der Waals surface area (Å²) < 4.78 is 0. The van der Waals surface area contributed by atoms with E-state index in [4.69, 9.17) is 11.6 Å². The van der Waals surface area contributed by atoms with E-state index in [1.165, 1.54) is 5.56 Å². The standard InChI is InChI=1S/C26H27ClN2O2/c1-17(2)16-19-8-10-20(11-9-19)18(3)25(30)29-24-7-5-4-6-23(24)26(31)28-22-14-12-21(27)13-15-22/h4-15,17-18H,16H2,1-3H3,(H,28,31)(H,29,30). The van der Waals surface area contributed by atoms with Crippen LogP contribution in [0, 0.1) is 5.92 Å². The molecule has 0 aliphatic rings. The van der Waals surface area contributed by atoms with Gasteiger partial charge in [-0.25, -0.2) is 0 Å². The molecular formula is C26H27ClN2O2. The SMILES string of the molecule is CC(C)Cc1ccc(C(C)C(=O)Nc2ccccc2C(=O)Nc2ccc(Cl)cc2)cc1. The van der Waals surface area contributed by atoms with E-state index in [1.807, 2.05) is 19.1 Å². The smallest absolute Gasteiger partial charge is 0.257 e. The lowest BCUT2D eigenvalue weighted by Gasteiger charge is -2.16. The number of para-hydroxylation sites is 1. The largest absolute Gasteiger partial charge is 0.325 e. The molecule has 160 valence electrons. The first-order valence-electron chi connectivity index (χ1n) is 10.4. The number of hydrogen-bond donors (Lipinski definition) is 2. The van der Waals surface area contributed by atoms with Gasteiger partial charge < -0.3 is 10.6 Å². The van der Waals surface area contributed by atoms with Crippen molar-refractivity contribution in [2.45, 2.75) is 33.1 Å². The molecule has 0 bridgehead atoms. The summed E-state index contributed by atoms with van der Waals surface area (Å²) in [7, 11) is 0. The van der Waals surface area contributed by atoms with E-state index in [9.17, 15) is 9.59 Å². The van der Waals surface area contributed by atoms with E-state index in [-0.39, 0.29) is 17.7 Å². The molecule has 4 nitrogen and oxygen atoms in total. The van der Waals surface area contributed by atoms with Crippen molar-refractivity contribution in [1.29, 1.82) is 0 Å². The van der Waals surface area contributed by atoms with Crippen LogP contribution in [0.1, 0.15) is 48.2 Å². The Morgan fingerprint density at radius 2 is 1.48 bits per heavy atom. The normalized spacial score (nSPS) is 11.8. The summed E-state index contributed by atoms with van der Waals surface area (Å²) >= 11 is 5.90. The quantitative estimate of drug-likeness (QED) is 0.444. The zero-order valence-corrected chi connectivity index (χ0v) is 18.7. The lowest BCUT2D eigenvalue weighted by atomic mass is 9.96. The summed E-state index contributed by atoms with van der Waals surface area (Å²) in [5.74, 6) is -0.227. The highest BCUT2D eigenvalue weighted by molar-refractivity contribution is 6.30. The molecule has 0 fully saturated rings. The Bertz CT molecular complexity index is 1040. The van der Waals surface area contributed by atoms with Crippen LogP contribution >= 0.6 is 11.6 Å². The fourth-order valence-corrected chi connectivity index (χ4v) is 3.45. The van der Waals surface area contributed by atoms with Crippen LogP contribution in [0.3, 0.4) is 0 Å². The Hall–Kier alpha value is -3.11. The van der Waals surface area contributed by atoms with Gasteiger partial charge in [0.05, 0.1) is 17.2 Å². The molecule has 0 aromatic heterocycles. The van der Waals surface area contributed by atoms with Gasteiger partial charge in [-0.15, -0.1) is 0 Å². The van der Waals surface area contributed by atoms with Gasteiger partial charge in [-0.2, -0.15) is 0 Å². The molecule has 0 spiro atoms. The third-order valence-electron chi connectivity index (χ3n) is 5.05. The number of anilines is 2. The Kier molecular flexibility index (Phi) is 7.48. The van der Waals surface area contributed by atoms with E-state index in [1.54, 1.807) is 48.5 Å². The zero-order chi connectivity index (χ0) is 22.4. The number of halogens is 1. The molecule has 0 saturated carbocycles. The van der Waals surface area contributed by atoms with Crippen LogP contribution in [0.5, 0.6) is 0 Å².